The summed E-state index contributed by atoms with van der Waals surface area (Å²) in [5, 5.41) is 0. The first kappa shape index (κ1) is 10.9. The summed E-state index contributed by atoms with van der Waals surface area (Å²) in [6.07, 6.45) is 0.375. The Morgan fingerprint density at radius 2 is 1.73 bits per heavy atom. The van der Waals surface area contributed by atoms with Crippen LogP contribution in [0.15, 0.2) is 0 Å². The number of rotatable bonds is 6. The maximum absolute atomic E-state index is 5.43. The highest BCUT2D eigenvalue weighted by Gasteiger charge is 2.05. The molecule has 2 heteroatoms. The van der Waals surface area contributed by atoms with E-state index >= 15 is 0 Å². The summed E-state index contributed by atoms with van der Waals surface area (Å²) in [7, 11) is 0. The molecule has 0 aromatic heterocycles. The molecule has 0 aliphatic carbocycles. The molecule has 0 rings (SSSR count). The van der Waals surface area contributed by atoms with Crippen molar-refractivity contribution in [3.05, 3.63) is 0 Å². The van der Waals surface area contributed by atoms with Gasteiger partial charge < -0.3 is 9.64 Å². The lowest BCUT2D eigenvalue weighted by atomic mass is 10.3. The van der Waals surface area contributed by atoms with Crippen molar-refractivity contribution in [1.29, 1.82) is 0 Å². The zero-order valence-electron chi connectivity index (χ0n) is 8.26. The third-order valence-corrected chi connectivity index (χ3v) is 1.86. The van der Waals surface area contributed by atoms with Crippen LogP contribution in [0.4, 0.5) is 0 Å². The van der Waals surface area contributed by atoms with Crippen molar-refractivity contribution < 1.29 is 4.74 Å². The summed E-state index contributed by atoms with van der Waals surface area (Å²) < 4.78 is 5.43. The zero-order valence-corrected chi connectivity index (χ0v) is 8.26. The molecule has 0 saturated heterocycles. The second-order valence-corrected chi connectivity index (χ2v) is 2.75. The van der Waals surface area contributed by atoms with Crippen LogP contribution in [0.1, 0.15) is 27.7 Å². The van der Waals surface area contributed by atoms with Gasteiger partial charge in [0.15, 0.2) is 0 Å². The van der Waals surface area contributed by atoms with E-state index in [1.54, 1.807) is 0 Å². The molecule has 0 aromatic carbocycles. The summed E-state index contributed by atoms with van der Waals surface area (Å²) in [4.78, 5) is 2.38. The first-order chi connectivity index (χ1) is 5.24. The molecule has 0 spiro atoms. The minimum absolute atomic E-state index is 0.375. The van der Waals surface area contributed by atoms with Crippen molar-refractivity contribution in [2.45, 2.75) is 33.8 Å². The monoisotopic (exact) mass is 159 g/mol. The van der Waals surface area contributed by atoms with Gasteiger partial charge in [-0.15, -0.1) is 0 Å². The van der Waals surface area contributed by atoms with Gasteiger partial charge >= 0.3 is 0 Å². The molecule has 0 fully saturated rings. The predicted molar refractivity (Wildman–Crippen MR) is 48.9 cm³/mol. The fourth-order valence-electron chi connectivity index (χ4n) is 1.18. The third kappa shape index (κ3) is 5.22. The van der Waals surface area contributed by atoms with Gasteiger partial charge in [-0.1, -0.05) is 13.8 Å². The van der Waals surface area contributed by atoms with Crippen LogP contribution in [0.2, 0.25) is 0 Å². The lowest BCUT2D eigenvalue weighted by molar-refractivity contribution is 0.0482. The zero-order chi connectivity index (χ0) is 8.69. The molecule has 0 radical (unpaired) electrons. The van der Waals surface area contributed by atoms with Crippen LogP contribution in [0.3, 0.4) is 0 Å². The summed E-state index contributed by atoms with van der Waals surface area (Å²) in [5.41, 5.74) is 0. The summed E-state index contributed by atoms with van der Waals surface area (Å²) in [6.45, 7) is 12.6. The maximum atomic E-state index is 5.43. The molecule has 2 nitrogen and oxygen atoms in total. The molecule has 1 atom stereocenters. The van der Waals surface area contributed by atoms with Crippen molar-refractivity contribution in [2.24, 2.45) is 0 Å². The fraction of sp³-hybridized carbons (Fsp3) is 1.00. The van der Waals surface area contributed by atoms with Gasteiger partial charge in [-0.25, -0.2) is 0 Å². The largest absolute Gasteiger partial charge is 0.377 e. The smallest absolute Gasteiger partial charge is 0.0673 e. The number of nitrogens with zero attached hydrogens (tertiary/aromatic N) is 1. The maximum Gasteiger partial charge on any atom is 0.0673 e. The minimum Gasteiger partial charge on any atom is -0.377 e. The average molecular weight is 159 g/mol. The van der Waals surface area contributed by atoms with E-state index in [1.807, 2.05) is 6.92 Å². The lowest BCUT2D eigenvalue weighted by Crippen LogP contribution is -2.32. The van der Waals surface area contributed by atoms with Gasteiger partial charge in [-0.05, 0) is 26.9 Å². The highest BCUT2D eigenvalue weighted by atomic mass is 16.5. The Bertz CT molecular complexity index is 81.6. The predicted octanol–water partition coefficient (Wildman–Crippen LogP) is 1.75. The van der Waals surface area contributed by atoms with Crippen LogP contribution < -0.4 is 0 Å². The van der Waals surface area contributed by atoms with Crippen molar-refractivity contribution >= 4 is 0 Å². The van der Waals surface area contributed by atoms with Crippen molar-refractivity contribution in [2.75, 3.05) is 26.2 Å². The van der Waals surface area contributed by atoms with Crippen LogP contribution in [0.5, 0.6) is 0 Å². The van der Waals surface area contributed by atoms with E-state index in [9.17, 15) is 0 Å². The van der Waals surface area contributed by atoms with Gasteiger partial charge in [0.25, 0.3) is 0 Å². The number of likely N-dealkylation sites (N-methyl/N-ethyl adjacent to an activating group) is 1. The lowest BCUT2D eigenvalue weighted by Gasteiger charge is -2.22. The van der Waals surface area contributed by atoms with E-state index in [2.05, 4.69) is 25.7 Å². The Morgan fingerprint density at radius 1 is 1.18 bits per heavy atom. The summed E-state index contributed by atoms with van der Waals surface area (Å²) in [5.74, 6) is 0. The average Bonchev–Trinajstić information content (AvgIpc) is 2.01. The molecule has 0 aliphatic heterocycles. The number of hydrogen-bond donors (Lipinski definition) is 0. The summed E-state index contributed by atoms with van der Waals surface area (Å²) in [6, 6.07) is 0. The molecule has 0 aliphatic rings. The standard InChI is InChI=1S/C9H21NO/c1-5-10(6-2)8-9(4)11-7-3/h9H,5-8H2,1-4H3/t9-/m0/s1. The number of hydrogen-bond acceptors (Lipinski definition) is 2. The molecular formula is C9H21NO. The highest BCUT2D eigenvalue weighted by molar-refractivity contribution is 4.58. The molecule has 0 saturated carbocycles. The normalized spacial score (nSPS) is 13.9. The van der Waals surface area contributed by atoms with E-state index in [0.29, 0.717) is 6.10 Å². The molecule has 0 unspecified atom stereocenters. The van der Waals surface area contributed by atoms with Crippen molar-refractivity contribution in [3.8, 4) is 0 Å². The van der Waals surface area contributed by atoms with Crippen LogP contribution in [0.25, 0.3) is 0 Å². The molecule has 0 bridgehead atoms. The van der Waals surface area contributed by atoms with Gasteiger partial charge in [0, 0.05) is 13.2 Å². The van der Waals surface area contributed by atoms with Crippen LogP contribution in [-0.2, 0) is 4.74 Å². The van der Waals surface area contributed by atoms with Gasteiger partial charge in [0.1, 0.15) is 0 Å². The quantitative estimate of drug-likeness (QED) is 0.585. The van der Waals surface area contributed by atoms with Crippen LogP contribution in [-0.4, -0.2) is 37.2 Å². The first-order valence-corrected chi connectivity index (χ1v) is 4.58. The van der Waals surface area contributed by atoms with Crippen molar-refractivity contribution in [3.63, 3.8) is 0 Å². The molecule has 11 heavy (non-hydrogen) atoms. The molecule has 0 aromatic rings. The van der Waals surface area contributed by atoms with Crippen molar-refractivity contribution in [1.82, 2.24) is 4.90 Å². The SMILES string of the molecule is CCO[C@@H](C)CN(CC)CC. The number of ether oxygens (including phenoxy) is 1. The van der Waals surface area contributed by atoms with E-state index in [1.165, 1.54) is 0 Å². The Kier molecular flexibility index (Phi) is 6.57. The fourth-order valence-corrected chi connectivity index (χ4v) is 1.18. The highest BCUT2D eigenvalue weighted by Crippen LogP contribution is 1.95. The minimum atomic E-state index is 0.375. The third-order valence-electron chi connectivity index (χ3n) is 1.86. The second-order valence-electron chi connectivity index (χ2n) is 2.75. The molecule has 0 N–H and O–H groups in total. The second kappa shape index (κ2) is 6.62. The first-order valence-electron chi connectivity index (χ1n) is 4.58. The Labute approximate surface area is 70.5 Å². The topological polar surface area (TPSA) is 12.5 Å². The molecule has 68 valence electrons. The summed E-state index contributed by atoms with van der Waals surface area (Å²) >= 11 is 0. The van der Waals surface area contributed by atoms with E-state index in [-0.39, 0.29) is 0 Å². The molecule has 0 heterocycles. The van der Waals surface area contributed by atoms with E-state index in [0.717, 1.165) is 26.2 Å². The molecule has 0 amide bonds. The van der Waals surface area contributed by atoms with Gasteiger partial charge in [0.2, 0.25) is 0 Å². The Morgan fingerprint density at radius 3 is 2.09 bits per heavy atom. The van der Waals surface area contributed by atoms with Crippen LogP contribution in [0, 0.1) is 0 Å². The Balaban J connectivity index is 3.44. The van der Waals surface area contributed by atoms with Crippen LogP contribution >= 0.6 is 0 Å². The van der Waals surface area contributed by atoms with E-state index in [4.69, 9.17) is 4.74 Å². The van der Waals surface area contributed by atoms with Gasteiger partial charge in [-0.2, -0.15) is 0 Å². The van der Waals surface area contributed by atoms with Gasteiger partial charge in [0.05, 0.1) is 6.10 Å². The molecular weight excluding hydrogens is 138 g/mol. The Hall–Kier alpha value is -0.0800. The van der Waals surface area contributed by atoms with Gasteiger partial charge in [-0.3, -0.25) is 0 Å². The van der Waals surface area contributed by atoms with E-state index < -0.39 is 0 Å².